The quantitative estimate of drug-likeness (QED) is 0.101. The molecule has 0 aliphatic rings. The van der Waals surface area contributed by atoms with Crippen LogP contribution in [0.15, 0.2) is 57.8 Å². The summed E-state index contributed by atoms with van der Waals surface area (Å²) < 4.78 is 126. The lowest BCUT2D eigenvalue weighted by Crippen LogP contribution is -2.05. The largest absolute Gasteiger partial charge is 0.445 e. The lowest BCUT2D eigenvalue weighted by molar-refractivity contribution is -0.138. The van der Waals surface area contributed by atoms with E-state index < -0.39 is 35.1 Å². The fraction of sp³-hybridized carbons (Fsp3) is 0.290. The van der Waals surface area contributed by atoms with Gasteiger partial charge in [0.15, 0.2) is 0 Å². The molecule has 2 aromatic carbocycles. The highest BCUT2D eigenvalue weighted by Gasteiger charge is 2.31. The van der Waals surface area contributed by atoms with Crippen LogP contribution in [0.25, 0.3) is 24.3 Å². The standard InChI is InChI=1S/C31H26F8N2O4/c32-26-14-22(30(34,35)36)8-4-20(26)6-10-28-40-24(18-44-28)16-42-12-2-1-3-13-43-17-25-19-45-29(41-25)11-7-21-5-9-23(15-27(21)33)31(37,38)39/h4-11,14-15,18-19H,1-3,12-13,16-17H2/b10-6+,11-7+. The average molecular weight is 643 g/mol. The molecule has 240 valence electrons. The molecule has 0 amide bonds. The molecule has 0 fully saturated rings. The average Bonchev–Trinajstić information content (AvgIpc) is 3.63. The van der Waals surface area contributed by atoms with Crippen molar-refractivity contribution in [2.75, 3.05) is 13.2 Å². The summed E-state index contributed by atoms with van der Waals surface area (Å²) in [6.07, 6.45) is 1.02. The third-order valence-electron chi connectivity index (χ3n) is 6.18. The van der Waals surface area contributed by atoms with Crippen LogP contribution in [0.4, 0.5) is 35.1 Å². The van der Waals surface area contributed by atoms with Gasteiger partial charge in [-0.3, -0.25) is 0 Å². The number of ether oxygens (including phenoxy) is 2. The zero-order valence-corrected chi connectivity index (χ0v) is 23.4. The number of unbranched alkanes of at least 4 members (excludes halogenated alkanes) is 2. The van der Waals surface area contributed by atoms with Crippen LogP contribution < -0.4 is 0 Å². The van der Waals surface area contributed by atoms with Crippen LogP contribution in [0, 0.1) is 11.6 Å². The summed E-state index contributed by atoms with van der Waals surface area (Å²) in [6, 6.07) is 4.49. The minimum absolute atomic E-state index is 0.0430. The monoisotopic (exact) mass is 642 g/mol. The maximum atomic E-state index is 14.0. The highest BCUT2D eigenvalue weighted by atomic mass is 19.4. The van der Waals surface area contributed by atoms with E-state index in [1.807, 2.05) is 0 Å². The summed E-state index contributed by atoms with van der Waals surface area (Å²) in [5.74, 6) is -1.74. The van der Waals surface area contributed by atoms with Crippen LogP contribution in [0.5, 0.6) is 0 Å². The Labute approximate surface area is 252 Å². The second-order valence-corrected chi connectivity index (χ2v) is 9.65. The number of aromatic nitrogens is 2. The molecule has 0 aliphatic heterocycles. The predicted octanol–water partition coefficient (Wildman–Crippen LogP) is 9.22. The summed E-state index contributed by atoms with van der Waals surface area (Å²) in [7, 11) is 0. The molecule has 4 rings (SSSR count). The molecule has 4 aromatic rings. The van der Waals surface area contributed by atoms with Gasteiger partial charge in [-0.25, -0.2) is 18.7 Å². The maximum absolute atomic E-state index is 14.0. The van der Waals surface area contributed by atoms with Crippen molar-refractivity contribution in [3.05, 3.63) is 106 Å². The normalized spacial score (nSPS) is 12.6. The maximum Gasteiger partial charge on any atom is 0.416 e. The van der Waals surface area contributed by atoms with Crippen LogP contribution >= 0.6 is 0 Å². The first-order valence-corrected chi connectivity index (χ1v) is 13.5. The topological polar surface area (TPSA) is 70.5 Å². The molecule has 0 atom stereocenters. The first-order valence-electron chi connectivity index (χ1n) is 13.5. The summed E-state index contributed by atoms with van der Waals surface area (Å²) in [5, 5.41) is 0. The molecule has 0 N–H and O–H groups in total. The third kappa shape index (κ3) is 10.4. The van der Waals surface area contributed by atoms with Crippen molar-refractivity contribution < 1.29 is 53.4 Å². The van der Waals surface area contributed by atoms with Crippen molar-refractivity contribution in [2.45, 2.75) is 44.8 Å². The molecule has 2 heterocycles. The van der Waals surface area contributed by atoms with Gasteiger partial charge in [0.1, 0.15) is 35.5 Å². The van der Waals surface area contributed by atoms with Gasteiger partial charge in [0.2, 0.25) is 11.8 Å². The molecule has 14 heteroatoms. The molecule has 0 saturated heterocycles. The van der Waals surface area contributed by atoms with Gasteiger partial charge in [0, 0.05) is 36.5 Å². The molecule has 0 radical (unpaired) electrons. The number of halogens is 8. The molecule has 0 saturated carbocycles. The van der Waals surface area contributed by atoms with Crippen molar-refractivity contribution in [2.24, 2.45) is 0 Å². The van der Waals surface area contributed by atoms with Crippen LogP contribution in [-0.4, -0.2) is 23.2 Å². The summed E-state index contributed by atoms with van der Waals surface area (Å²) in [5.41, 5.74) is -1.24. The number of alkyl halides is 6. The molecule has 0 aliphatic carbocycles. The van der Waals surface area contributed by atoms with E-state index >= 15 is 0 Å². The number of benzene rings is 2. The Morgan fingerprint density at radius 3 is 1.40 bits per heavy atom. The molecular formula is C31H26F8N2O4. The minimum Gasteiger partial charge on any atom is -0.445 e. The smallest absolute Gasteiger partial charge is 0.416 e. The SMILES string of the molecule is Fc1cc(C(F)(F)F)ccc1/C=C/c1nc(COCCCCCOCc2coc(/C=C/c3ccc(C(F)(F)F)cc3F)n2)co1. The van der Waals surface area contributed by atoms with Gasteiger partial charge in [0.25, 0.3) is 0 Å². The fourth-order valence-electron chi connectivity index (χ4n) is 3.87. The van der Waals surface area contributed by atoms with Crippen molar-refractivity contribution in [1.82, 2.24) is 9.97 Å². The Morgan fingerprint density at radius 1 is 0.600 bits per heavy atom. The van der Waals surface area contributed by atoms with Gasteiger partial charge in [-0.2, -0.15) is 26.3 Å². The van der Waals surface area contributed by atoms with Crippen molar-refractivity contribution >= 4 is 24.3 Å². The van der Waals surface area contributed by atoms with Crippen molar-refractivity contribution in [3.63, 3.8) is 0 Å². The van der Waals surface area contributed by atoms with Crippen LogP contribution in [0.3, 0.4) is 0 Å². The Morgan fingerprint density at radius 2 is 1.02 bits per heavy atom. The van der Waals surface area contributed by atoms with E-state index in [1.165, 1.54) is 36.8 Å². The van der Waals surface area contributed by atoms with Crippen LogP contribution in [0.1, 0.15) is 64.7 Å². The number of hydrogen-bond acceptors (Lipinski definition) is 6. The van der Waals surface area contributed by atoms with Gasteiger partial charge < -0.3 is 18.3 Å². The highest BCUT2D eigenvalue weighted by molar-refractivity contribution is 5.67. The third-order valence-corrected chi connectivity index (χ3v) is 6.18. The van der Waals surface area contributed by atoms with E-state index in [9.17, 15) is 35.1 Å². The zero-order chi connectivity index (χ0) is 32.5. The van der Waals surface area contributed by atoms with E-state index in [-0.39, 0.29) is 36.1 Å². The van der Waals surface area contributed by atoms with E-state index in [2.05, 4.69) is 9.97 Å². The molecular weight excluding hydrogens is 616 g/mol. The summed E-state index contributed by atoms with van der Waals surface area (Å²) in [4.78, 5) is 8.34. The lowest BCUT2D eigenvalue weighted by Gasteiger charge is -2.07. The van der Waals surface area contributed by atoms with Gasteiger partial charge in [-0.05, 0) is 55.7 Å². The second-order valence-electron chi connectivity index (χ2n) is 9.65. The molecule has 6 nitrogen and oxygen atoms in total. The number of oxazole rings is 2. The Balaban J connectivity index is 1.08. The lowest BCUT2D eigenvalue weighted by atomic mass is 10.1. The number of rotatable bonds is 14. The zero-order valence-electron chi connectivity index (χ0n) is 23.4. The van der Waals surface area contributed by atoms with Crippen LogP contribution in [0.2, 0.25) is 0 Å². The summed E-state index contributed by atoms with van der Waals surface area (Å²) in [6.45, 7) is 1.26. The Hall–Kier alpha value is -4.30. The highest BCUT2D eigenvalue weighted by Crippen LogP contribution is 2.31. The van der Waals surface area contributed by atoms with Gasteiger partial charge in [0.05, 0.1) is 24.3 Å². The van der Waals surface area contributed by atoms with E-state index in [0.29, 0.717) is 36.7 Å². The first-order chi connectivity index (χ1) is 21.4. The Bertz CT molecular complexity index is 1490. The van der Waals surface area contributed by atoms with Crippen molar-refractivity contribution in [1.29, 1.82) is 0 Å². The molecule has 45 heavy (non-hydrogen) atoms. The minimum atomic E-state index is -4.63. The summed E-state index contributed by atoms with van der Waals surface area (Å²) >= 11 is 0. The van der Waals surface area contributed by atoms with Gasteiger partial charge in [-0.15, -0.1) is 0 Å². The van der Waals surface area contributed by atoms with Crippen molar-refractivity contribution in [3.8, 4) is 0 Å². The van der Waals surface area contributed by atoms with E-state index in [0.717, 1.165) is 43.5 Å². The second kappa shape index (κ2) is 15.1. The van der Waals surface area contributed by atoms with E-state index in [1.54, 1.807) is 0 Å². The number of hydrogen-bond donors (Lipinski definition) is 0. The molecule has 0 spiro atoms. The molecule has 2 aromatic heterocycles. The van der Waals surface area contributed by atoms with Crippen LogP contribution in [-0.2, 0) is 35.0 Å². The Kier molecular flexibility index (Phi) is 11.3. The fourth-order valence-corrected chi connectivity index (χ4v) is 3.87. The van der Waals surface area contributed by atoms with Gasteiger partial charge >= 0.3 is 12.4 Å². The predicted molar refractivity (Wildman–Crippen MR) is 147 cm³/mol. The van der Waals surface area contributed by atoms with E-state index in [4.69, 9.17) is 18.3 Å². The number of nitrogens with zero attached hydrogens (tertiary/aromatic N) is 2. The molecule has 0 bridgehead atoms. The van der Waals surface area contributed by atoms with Gasteiger partial charge in [-0.1, -0.05) is 12.1 Å². The molecule has 0 unspecified atom stereocenters. The first kappa shape index (κ1) is 33.6.